The number of pyridine rings is 1. The number of fused-ring (bicyclic) bond motifs is 1. The van der Waals surface area contributed by atoms with Gasteiger partial charge in [0.15, 0.2) is 0 Å². The average Bonchev–Trinajstić information content (AvgIpc) is 3.22. The Morgan fingerprint density at radius 3 is 2.66 bits per heavy atom. The van der Waals surface area contributed by atoms with Crippen molar-refractivity contribution in [3.05, 3.63) is 53.7 Å². The summed E-state index contributed by atoms with van der Waals surface area (Å²) in [5.41, 5.74) is 3.14. The molecule has 7 heteroatoms. The highest BCUT2D eigenvalue weighted by atomic mass is 16.2. The minimum atomic E-state index is -0.390. The van der Waals surface area contributed by atoms with Crippen molar-refractivity contribution in [3.63, 3.8) is 0 Å². The van der Waals surface area contributed by atoms with Gasteiger partial charge in [0.2, 0.25) is 17.7 Å². The topological polar surface area (TPSA) is 82.6 Å². The zero-order valence-electron chi connectivity index (χ0n) is 18.7. The van der Waals surface area contributed by atoms with Gasteiger partial charge in [-0.1, -0.05) is 31.0 Å². The molecule has 2 unspecified atom stereocenters. The van der Waals surface area contributed by atoms with Crippen LogP contribution in [0.4, 0.5) is 11.5 Å². The van der Waals surface area contributed by atoms with Crippen LogP contribution in [0.15, 0.2) is 42.6 Å². The van der Waals surface area contributed by atoms with E-state index in [0.29, 0.717) is 25.2 Å². The van der Waals surface area contributed by atoms with Gasteiger partial charge in [0.05, 0.1) is 12.5 Å². The Bertz CT molecular complexity index is 1020. The van der Waals surface area contributed by atoms with Crippen LogP contribution >= 0.6 is 0 Å². The number of hydrogen-bond acceptors (Lipinski definition) is 4. The summed E-state index contributed by atoms with van der Waals surface area (Å²) >= 11 is 0. The van der Waals surface area contributed by atoms with Crippen LogP contribution in [0.25, 0.3) is 0 Å². The van der Waals surface area contributed by atoms with Gasteiger partial charge < -0.3 is 15.1 Å². The molecule has 7 nitrogen and oxygen atoms in total. The van der Waals surface area contributed by atoms with E-state index in [-0.39, 0.29) is 36.1 Å². The van der Waals surface area contributed by atoms with Gasteiger partial charge in [0, 0.05) is 31.4 Å². The van der Waals surface area contributed by atoms with Crippen molar-refractivity contribution in [2.24, 2.45) is 11.8 Å². The smallest absolute Gasteiger partial charge is 0.245 e. The predicted octanol–water partition coefficient (Wildman–Crippen LogP) is 3.18. The second-order valence-corrected chi connectivity index (χ2v) is 8.83. The number of amides is 3. The van der Waals surface area contributed by atoms with Crippen molar-refractivity contribution in [2.45, 2.75) is 39.0 Å². The molecule has 32 heavy (non-hydrogen) atoms. The molecule has 168 valence electrons. The normalized spacial score (nSPS) is 19.9. The van der Waals surface area contributed by atoms with Crippen LogP contribution in [0.1, 0.15) is 36.8 Å². The first-order chi connectivity index (χ1) is 15.4. The number of carbonyl (C=O) groups is 3. The van der Waals surface area contributed by atoms with Crippen molar-refractivity contribution in [1.29, 1.82) is 0 Å². The van der Waals surface area contributed by atoms with Crippen LogP contribution in [-0.4, -0.2) is 47.7 Å². The molecule has 1 aromatic heterocycles. The van der Waals surface area contributed by atoms with Crippen molar-refractivity contribution in [3.8, 4) is 0 Å². The summed E-state index contributed by atoms with van der Waals surface area (Å²) in [4.78, 5) is 46.6. The number of anilines is 2. The predicted molar refractivity (Wildman–Crippen MR) is 123 cm³/mol. The summed E-state index contributed by atoms with van der Waals surface area (Å²) in [5, 5.41) is 2.74. The zero-order chi connectivity index (χ0) is 22.7. The third-order valence-corrected chi connectivity index (χ3v) is 6.49. The molecule has 4 rings (SSSR count). The summed E-state index contributed by atoms with van der Waals surface area (Å²) < 4.78 is 0. The van der Waals surface area contributed by atoms with Crippen molar-refractivity contribution in [1.82, 2.24) is 9.88 Å². The molecule has 2 aromatic rings. The molecule has 1 aliphatic heterocycles. The van der Waals surface area contributed by atoms with Crippen LogP contribution < -0.4 is 10.2 Å². The van der Waals surface area contributed by atoms with Gasteiger partial charge in [-0.05, 0) is 55.5 Å². The maximum absolute atomic E-state index is 13.5. The molecule has 0 spiro atoms. The van der Waals surface area contributed by atoms with E-state index in [2.05, 4.69) is 16.4 Å². The van der Waals surface area contributed by atoms with Crippen LogP contribution in [0.5, 0.6) is 0 Å². The molecule has 0 bridgehead atoms. The van der Waals surface area contributed by atoms with E-state index >= 15 is 0 Å². The third-order valence-electron chi connectivity index (χ3n) is 6.49. The molecule has 0 radical (unpaired) electrons. The van der Waals surface area contributed by atoms with Gasteiger partial charge in [-0.2, -0.15) is 0 Å². The molecule has 2 heterocycles. The quantitative estimate of drug-likeness (QED) is 0.784. The summed E-state index contributed by atoms with van der Waals surface area (Å²) in [6, 6.07) is 11.6. The standard InChI is InChI=1S/C25H30N4O3/c1-17-11-13-26-22(15-17)27-23(30)16-28(2)24(31)19-8-4-5-9-20(19)25(32)29-14-12-18-7-3-6-10-21(18)29/h3,6-7,10-11,13,15,19-20H,4-5,8-9,12,14,16H2,1-2H3,(H,26,27,30). The first kappa shape index (κ1) is 22.0. The van der Waals surface area contributed by atoms with Gasteiger partial charge in [0.25, 0.3) is 0 Å². The number of aromatic nitrogens is 1. The third kappa shape index (κ3) is 4.66. The zero-order valence-corrected chi connectivity index (χ0v) is 18.7. The molecule has 1 N–H and O–H groups in total. The van der Waals surface area contributed by atoms with Gasteiger partial charge >= 0.3 is 0 Å². The van der Waals surface area contributed by atoms with Crippen molar-refractivity contribution >= 4 is 29.2 Å². The number of nitrogens with one attached hydrogen (secondary N) is 1. The molecule has 1 saturated carbocycles. The van der Waals surface area contributed by atoms with Crippen molar-refractivity contribution in [2.75, 3.05) is 30.4 Å². The van der Waals surface area contributed by atoms with E-state index in [1.165, 1.54) is 10.5 Å². The van der Waals surface area contributed by atoms with Crippen LogP contribution in [0, 0.1) is 18.8 Å². The number of carbonyl (C=O) groups excluding carboxylic acids is 3. The SMILES string of the molecule is Cc1ccnc(NC(=O)CN(C)C(=O)C2CCCCC2C(=O)N2CCc3ccccc32)c1. The molecule has 2 atom stereocenters. The number of rotatable bonds is 5. The van der Waals surface area contributed by atoms with E-state index in [0.717, 1.165) is 30.5 Å². The monoisotopic (exact) mass is 434 g/mol. The number of para-hydroxylation sites is 1. The Morgan fingerprint density at radius 2 is 1.88 bits per heavy atom. The van der Waals surface area contributed by atoms with Crippen LogP contribution in [0.3, 0.4) is 0 Å². The fourth-order valence-corrected chi connectivity index (χ4v) is 4.85. The fourth-order valence-electron chi connectivity index (χ4n) is 4.85. The maximum Gasteiger partial charge on any atom is 0.245 e. The Hall–Kier alpha value is -3.22. The summed E-state index contributed by atoms with van der Waals surface area (Å²) in [6.45, 7) is 2.52. The minimum absolute atomic E-state index is 0.0369. The molecule has 1 fully saturated rings. The Kier molecular flexibility index (Phi) is 6.53. The van der Waals surface area contributed by atoms with E-state index in [1.54, 1.807) is 19.3 Å². The Morgan fingerprint density at radius 1 is 1.12 bits per heavy atom. The van der Waals surface area contributed by atoms with Crippen LogP contribution in [-0.2, 0) is 20.8 Å². The number of hydrogen-bond donors (Lipinski definition) is 1. The lowest BCUT2D eigenvalue weighted by atomic mass is 9.77. The Labute approximate surface area is 188 Å². The lowest BCUT2D eigenvalue weighted by Gasteiger charge is -2.34. The lowest BCUT2D eigenvalue weighted by molar-refractivity contribution is -0.143. The van der Waals surface area contributed by atoms with Gasteiger partial charge in [-0.3, -0.25) is 14.4 Å². The van der Waals surface area contributed by atoms with Crippen LogP contribution in [0.2, 0.25) is 0 Å². The molecule has 1 aliphatic carbocycles. The second kappa shape index (κ2) is 9.51. The number of benzene rings is 1. The van der Waals surface area contributed by atoms with Gasteiger partial charge in [-0.25, -0.2) is 4.98 Å². The molecule has 3 amide bonds. The van der Waals surface area contributed by atoms with E-state index in [4.69, 9.17) is 0 Å². The minimum Gasteiger partial charge on any atom is -0.336 e. The van der Waals surface area contributed by atoms with Crippen molar-refractivity contribution < 1.29 is 14.4 Å². The largest absolute Gasteiger partial charge is 0.336 e. The number of aryl methyl sites for hydroxylation is 1. The molecular weight excluding hydrogens is 404 g/mol. The van der Waals surface area contributed by atoms with E-state index < -0.39 is 0 Å². The summed E-state index contributed by atoms with van der Waals surface area (Å²) in [7, 11) is 1.63. The first-order valence-corrected chi connectivity index (χ1v) is 11.3. The van der Waals surface area contributed by atoms with E-state index in [1.807, 2.05) is 36.1 Å². The highest BCUT2D eigenvalue weighted by Crippen LogP contribution is 2.36. The Balaban J connectivity index is 1.42. The highest BCUT2D eigenvalue weighted by molar-refractivity contribution is 6.00. The van der Waals surface area contributed by atoms with Gasteiger partial charge in [0.1, 0.15) is 5.82 Å². The van der Waals surface area contributed by atoms with Gasteiger partial charge in [-0.15, -0.1) is 0 Å². The lowest BCUT2D eigenvalue weighted by Crippen LogP contribution is -2.47. The molecule has 0 saturated heterocycles. The summed E-state index contributed by atoms with van der Waals surface area (Å²) in [6.07, 6.45) is 5.73. The second-order valence-electron chi connectivity index (χ2n) is 8.83. The fraction of sp³-hybridized carbons (Fsp3) is 0.440. The molecular formula is C25H30N4O3. The van der Waals surface area contributed by atoms with E-state index in [9.17, 15) is 14.4 Å². The maximum atomic E-state index is 13.5. The number of nitrogens with zero attached hydrogens (tertiary/aromatic N) is 3. The molecule has 2 aliphatic rings. The first-order valence-electron chi connectivity index (χ1n) is 11.3. The highest BCUT2D eigenvalue weighted by Gasteiger charge is 2.40. The number of likely N-dealkylation sites (N-methyl/N-ethyl adjacent to an activating group) is 1. The average molecular weight is 435 g/mol. The summed E-state index contributed by atoms with van der Waals surface area (Å²) in [5.74, 6) is -0.664. The molecule has 1 aromatic carbocycles.